The molecule has 0 aromatic heterocycles. The van der Waals surface area contributed by atoms with Gasteiger partial charge in [-0.05, 0) is 62.6 Å². The van der Waals surface area contributed by atoms with Crippen molar-refractivity contribution in [3.8, 4) is 0 Å². The van der Waals surface area contributed by atoms with Crippen LogP contribution in [0.25, 0.3) is 0 Å². The largest absolute Gasteiger partial charge is 0.313 e. The summed E-state index contributed by atoms with van der Waals surface area (Å²) in [6.45, 7) is 8.70. The van der Waals surface area contributed by atoms with Crippen LogP contribution in [0.1, 0.15) is 52.4 Å². The molecule has 3 unspecified atom stereocenters. The van der Waals surface area contributed by atoms with E-state index in [2.05, 4.69) is 44.2 Å². The maximum atomic E-state index is 14.4. The van der Waals surface area contributed by atoms with Crippen molar-refractivity contribution in [1.29, 1.82) is 0 Å². The van der Waals surface area contributed by atoms with E-state index in [9.17, 15) is 9.59 Å². The lowest BCUT2D eigenvalue weighted by Crippen LogP contribution is -2.78. The molecule has 2 fully saturated rings. The molecule has 2 aliphatic heterocycles. The summed E-state index contributed by atoms with van der Waals surface area (Å²) in [5.74, 6) is 0.0654. The number of likely N-dealkylation sites (tertiary alicyclic amines) is 1. The number of carbonyl (C=O) groups excluding carboxylic acids is 2. The van der Waals surface area contributed by atoms with Crippen molar-refractivity contribution in [2.45, 2.75) is 57.4 Å². The number of hydrogen-bond acceptors (Lipinski definition) is 8. The predicted molar refractivity (Wildman–Crippen MR) is 181 cm³/mol. The molecule has 10 heteroatoms. The second kappa shape index (κ2) is 14.0. The van der Waals surface area contributed by atoms with E-state index in [0.29, 0.717) is 61.2 Å². The van der Waals surface area contributed by atoms with Crippen LogP contribution in [0.4, 0.5) is 0 Å². The number of halogens is 2. The molecule has 0 spiro atoms. The van der Waals surface area contributed by atoms with E-state index in [0.717, 1.165) is 22.3 Å². The summed E-state index contributed by atoms with van der Waals surface area (Å²) in [6.07, 6.45) is 1.03. The second-order valence-electron chi connectivity index (χ2n) is 12.3. The summed E-state index contributed by atoms with van der Waals surface area (Å²) in [7, 11) is 3.73. The van der Waals surface area contributed by atoms with Gasteiger partial charge in [-0.1, -0.05) is 76.8 Å². The van der Waals surface area contributed by atoms with Gasteiger partial charge in [-0.3, -0.25) is 19.4 Å². The van der Waals surface area contributed by atoms with Crippen molar-refractivity contribution in [2.75, 3.05) is 40.3 Å². The number of rotatable bonds is 10. The van der Waals surface area contributed by atoms with Crippen LogP contribution in [0.3, 0.4) is 0 Å². The number of piperazine rings is 1. The average molecular weight is 652 g/mol. The zero-order valence-corrected chi connectivity index (χ0v) is 28.3. The zero-order valence-electron chi connectivity index (χ0n) is 26.8. The maximum absolute atomic E-state index is 14.4. The van der Waals surface area contributed by atoms with E-state index in [1.54, 1.807) is 13.0 Å². The topological polar surface area (TPSA) is 80.0 Å². The third-order valence-electron chi connectivity index (χ3n) is 9.51. The Balaban J connectivity index is 1.68. The van der Waals surface area contributed by atoms with E-state index in [1.165, 1.54) is 0 Å². The second-order valence-corrected chi connectivity index (χ2v) is 13.1. The van der Waals surface area contributed by atoms with Crippen LogP contribution >= 0.6 is 23.2 Å². The molecule has 240 valence electrons. The number of Topliss-reactive ketones (excluding diaryl/α,β-unsaturated/α-hetero) is 2. The molecule has 0 radical (unpaired) electrons. The summed E-state index contributed by atoms with van der Waals surface area (Å²) in [5, 5.41) is 6.29. The molecule has 0 saturated carbocycles. The fourth-order valence-electron chi connectivity index (χ4n) is 7.56. The molecule has 2 aliphatic rings. The van der Waals surface area contributed by atoms with Crippen LogP contribution < -0.4 is 16.2 Å². The van der Waals surface area contributed by atoms with Gasteiger partial charge in [-0.25, -0.2) is 10.9 Å². The van der Waals surface area contributed by atoms with Crippen molar-refractivity contribution in [3.63, 3.8) is 0 Å². The van der Waals surface area contributed by atoms with Gasteiger partial charge in [0.2, 0.25) is 0 Å². The molecular formula is C35H44Cl2N6O2. The Morgan fingerprint density at radius 2 is 1.64 bits per heavy atom. The third-order valence-corrected chi connectivity index (χ3v) is 10.2. The summed E-state index contributed by atoms with van der Waals surface area (Å²) in [5.41, 5.74) is 9.57. The minimum Gasteiger partial charge on any atom is -0.313 e. The summed E-state index contributed by atoms with van der Waals surface area (Å²) >= 11 is 13.0. The molecule has 3 aromatic rings. The Labute approximate surface area is 277 Å². The Morgan fingerprint density at radius 3 is 2.27 bits per heavy atom. The van der Waals surface area contributed by atoms with Crippen LogP contribution in [0.15, 0.2) is 66.7 Å². The van der Waals surface area contributed by atoms with Gasteiger partial charge in [0, 0.05) is 58.8 Å². The van der Waals surface area contributed by atoms with E-state index < -0.39 is 17.2 Å². The summed E-state index contributed by atoms with van der Waals surface area (Å²) < 4.78 is 0. The van der Waals surface area contributed by atoms with Gasteiger partial charge in [0.1, 0.15) is 11.2 Å². The normalized spacial score (nSPS) is 24.6. The van der Waals surface area contributed by atoms with Crippen LogP contribution in [0, 0.1) is 13.8 Å². The van der Waals surface area contributed by atoms with Gasteiger partial charge < -0.3 is 5.32 Å². The van der Waals surface area contributed by atoms with Gasteiger partial charge in [0.25, 0.3) is 0 Å². The molecule has 3 atom stereocenters. The van der Waals surface area contributed by atoms with Crippen LogP contribution in [-0.4, -0.2) is 78.5 Å². The molecule has 0 aliphatic carbocycles. The summed E-state index contributed by atoms with van der Waals surface area (Å²) in [4.78, 5) is 33.3. The van der Waals surface area contributed by atoms with E-state index in [-0.39, 0.29) is 11.6 Å². The van der Waals surface area contributed by atoms with Crippen LogP contribution in [-0.2, 0) is 16.9 Å². The number of ketones is 2. The molecule has 8 nitrogen and oxygen atoms in total. The molecule has 45 heavy (non-hydrogen) atoms. The van der Waals surface area contributed by atoms with Crippen molar-refractivity contribution in [3.05, 3.63) is 105 Å². The number of hydrogen-bond donors (Lipinski definition) is 3. The van der Waals surface area contributed by atoms with Crippen LogP contribution in [0.2, 0.25) is 10.0 Å². The lowest BCUT2D eigenvalue weighted by Gasteiger charge is -2.61. The zero-order chi connectivity index (χ0) is 32.4. The van der Waals surface area contributed by atoms with Gasteiger partial charge in [0.05, 0.1) is 16.1 Å². The predicted octanol–water partition coefficient (Wildman–Crippen LogP) is 5.11. The first kappa shape index (κ1) is 33.7. The highest BCUT2D eigenvalue weighted by molar-refractivity contribution is 6.42. The van der Waals surface area contributed by atoms with Gasteiger partial charge in [-0.15, -0.1) is 0 Å². The summed E-state index contributed by atoms with van der Waals surface area (Å²) in [6, 6.07) is 21.3. The molecular weight excluding hydrogens is 607 g/mol. The number of hydrazine groups is 2. The van der Waals surface area contributed by atoms with Crippen molar-refractivity contribution in [1.82, 2.24) is 31.1 Å². The average Bonchev–Trinajstić information content (AvgIpc) is 3.03. The van der Waals surface area contributed by atoms with Gasteiger partial charge in [0.15, 0.2) is 11.6 Å². The lowest BCUT2D eigenvalue weighted by molar-refractivity contribution is -0.190. The Hall–Kier alpha value is -2.66. The minimum atomic E-state index is -1.08. The molecule has 2 heterocycles. The Kier molecular flexibility index (Phi) is 10.5. The fourth-order valence-corrected chi connectivity index (χ4v) is 7.86. The monoisotopic (exact) mass is 650 g/mol. The smallest absolute Gasteiger partial charge is 0.181 e. The fraction of sp³-hybridized carbons (Fsp3) is 0.429. The van der Waals surface area contributed by atoms with E-state index in [1.807, 2.05) is 75.5 Å². The van der Waals surface area contributed by atoms with E-state index in [4.69, 9.17) is 23.2 Å². The molecule has 2 saturated heterocycles. The molecule has 5 rings (SSSR count). The van der Waals surface area contributed by atoms with Gasteiger partial charge in [-0.2, -0.15) is 5.12 Å². The highest BCUT2D eigenvalue weighted by Crippen LogP contribution is 2.48. The molecule has 3 aromatic carbocycles. The number of aryl methyl sites for hydroxylation is 2. The SMILES string of the molecule is CNN(NC)C1(N2CCNCC2C(=O)c2cc(C)cc(C)c2)CCN(Cc2ccccc2)C(C(C)=O)(c2ccc(Cl)c(Cl)c2)C1. The number of benzene rings is 3. The van der Waals surface area contributed by atoms with E-state index >= 15 is 0 Å². The van der Waals surface area contributed by atoms with Crippen molar-refractivity contribution < 1.29 is 9.59 Å². The highest BCUT2D eigenvalue weighted by Gasteiger charge is 2.59. The molecule has 0 bridgehead atoms. The quantitative estimate of drug-likeness (QED) is 0.206. The number of piperidine rings is 1. The third kappa shape index (κ3) is 6.48. The Morgan fingerprint density at radius 1 is 0.956 bits per heavy atom. The molecule has 0 amide bonds. The lowest BCUT2D eigenvalue weighted by atomic mass is 9.71. The van der Waals surface area contributed by atoms with Gasteiger partial charge >= 0.3 is 0 Å². The molecule has 3 N–H and O–H groups in total. The standard InChI is InChI=1S/C35H44Cl2N6O2/c1-24-17-25(2)19-28(18-24)33(45)32-21-40-14-16-42(32)34(43(38-4)39-5)13-15-41(22-27-9-7-6-8-10-27)35(23-34,26(3)44)29-11-12-30(36)31(37)20-29/h6-12,17-20,32,38-40H,13-16,21-23H2,1-5H3. The number of nitrogens with zero attached hydrogens (tertiary/aromatic N) is 3. The highest BCUT2D eigenvalue weighted by atomic mass is 35.5. The first-order valence-corrected chi connectivity index (χ1v) is 16.3. The van der Waals surface area contributed by atoms with Crippen molar-refractivity contribution >= 4 is 34.8 Å². The Bertz CT molecular complexity index is 1510. The van der Waals surface area contributed by atoms with Crippen LogP contribution in [0.5, 0.6) is 0 Å². The minimum absolute atomic E-state index is 0.000344. The maximum Gasteiger partial charge on any atom is 0.181 e. The first-order valence-electron chi connectivity index (χ1n) is 15.6. The van der Waals surface area contributed by atoms with Crippen molar-refractivity contribution in [2.24, 2.45) is 0 Å². The number of nitrogens with one attached hydrogen (secondary N) is 3. The number of carbonyl (C=O) groups is 2. The first-order chi connectivity index (χ1) is 21.5.